The fraction of sp³-hybridized carbons (Fsp3) is 0.467. The molecule has 0 aromatic heterocycles. The van der Waals surface area contributed by atoms with E-state index in [1.165, 1.54) is 0 Å². The lowest BCUT2D eigenvalue weighted by molar-refractivity contribution is -0.144. The van der Waals surface area contributed by atoms with Gasteiger partial charge in [0.15, 0.2) is 0 Å². The lowest BCUT2D eigenvalue weighted by Gasteiger charge is -2.26. The number of ether oxygens (including phenoxy) is 2. The van der Waals surface area contributed by atoms with Gasteiger partial charge in [0.1, 0.15) is 13.2 Å². The summed E-state index contributed by atoms with van der Waals surface area (Å²) in [6.07, 6.45) is 4.63. The molecule has 0 radical (unpaired) electrons. The zero-order chi connectivity index (χ0) is 28.7. The van der Waals surface area contributed by atoms with Crippen LogP contribution in [-0.4, -0.2) is 46.4 Å². The molecule has 2 aromatic carbocycles. The van der Waals surface area contributed by atoms with Gasteiger partial charge in [0.2, 0.25) is 0 Å². The molecule has 2 amide bonds. The van der Waals surface area contributed by atoms with Crippen LogP contribution in [0.1, 0.15) is 62.5 Å². The lowest BCUT2D eigenvalue weighted by atomic mass is 9.86. The van der Waals surface area contributed by atoms with Gasteiger partial charge in [0, 0.05) is 12.1 Å². The number of rotatable bonds is 8. The highest BCUT2D eigenvalue weighted by Gasteiger charge is 2.29. The molecule has 2 aromatic rings. The molecule has 0 saturated heterocycles. The SMILES string of the molecule is O=C(NC1CCCC(C(=O)O)C1)OCc1ccccc1.O=C(NC1CCCC(C(=O)O)C1)OCc1ccccc1. The van der Waals surface area contributed by atoms with Crippen LogP contribution in [0, 0.1) is 11.8 Å². The van der Waals surface area contributed by atoms with Crippen molar-refractivity contribution >= 4 is 24.1 Å². The van der Waals surface area contributed by atoms with Gasteiger partial charge in [-0.05, 0) is 49.7 Å². The largest absolute Gasteiger partial charge is 0.481 e. The van der Waals surface area contributed by atoms with Gasteiger partial charge in [-0.15, -0.1) is 0 Å². The summed E-state index contributed by atoms with van der Waals surface area (Å²) in [7, 11) is 0. The Morgan fingerprint density at radius 2 is 1.00 bits per heavy atom. The van der Waals surface area contributed by atoms with E-state index in [4.69, 9.17) is 19.7 Å². The van der Waals surface area contributed by atoms with E-state index in [9.17, 15) is 19.2 Å². The molecular formula is C30H38N2O8. The fourth-order valence-electron chi connectivity index (χ4n) is 4.95. The second kappa shape index (κ2) is 16.1. The average Bonchev–Trinajstić information content (AvgIpc) is 2.97. The first-order chi connectivity index (χ1) is 19.3. The van der Waals surface area contributed by atoms with Gasteiger partial charge in [-0.3, -0.25) is 9.59 Å². The first-order valence-corrected chi connectivity index (χ1v) is 13.7. The molecule has 0 bridgehead atoms. The van der Waals surface area contributed by atoms with E-state index in [-0.39, 0.29) is 37.1 Å². The van der Waals surface area contributed by atoms with Gasteiger partial charge < -0.3 is 30.3 Å². The van der Waals surface area contributed by atoms with Crippen LogP contribution in [0.4, 0.5) is 9.59 Å². The van der Waals surface area contributed by atoms with E-state index in [2.05, 4.69) is 10.6 Å². The molecule has 4 N–H and O–H groups in total. The smallest absolute Gasteiger partial charge is 0.407 e. The molecule has 0 aliphatic heterocycles. The summed E-state index contributed by atoms with van der Waals surface area (Å²) in [6, 6.07) is 18.7. The van der Waals surface area contributed by atoms with Crippen molar-refractivity contribution in [3.63, 3.8) is 0 Å². The second-order valence-corrected chi connectivity index (χ2v) is 10.2. The normalized spacial score (nSPS) is 22.0. The Balaban J connectivity index is 0.000000220. The van der Waals surface area contributed by atoms with Gasteiger partial charge in [-0.25, -0.2) is 9.59 Å². The Labute approximate surface area is 234 Å². The minimum atomic E-state index is -0.783. The van der Waals surface area contributed by atoms with Crippen LogP contribution >= 0.6 is 0 Å². The highest BCUT2D eigenvalue weighted by atomic mass is 16.6. The topological polar surface area (TPSA) is 151 Å². The number of amides is 2. The number of carbonyl (C=O) groups excluding carboxylic acids is 2. The summed E-state index contributed by atoms with van der Waals surface area (Å²) >= 11 is 0. The van der Waals surface area contributed by atoms with E-state index in [0.29, 0.717) is 25.7 Å². The van der Waals surface area contributed by atoms with Crippen LogP contribution in [0.15, 0.2) is 60.7 Å². The van der Waals surface area contributed by atoms with Crippen LogP contribution in [0.5, 0.6) is 0 Å². The Hall–Kier alpha value is -4.08. The van der Waals surface area contributed by atoms with Crippen LogP contribution in [0.2, 0.25) is 0 Å². The van der Waals surface area contributed by atoms with Gasteiger partial charge in [-0.1, -0.05) is 73.5 Å². The van der Waals surface area contributed by atoms with Crippen LogP contribution < -0.4 is 10.6 Å². The number of benzene rings is 2. The van der Waals surface area contributed by atoms with Crippen molar-refractivity contribution in [3.8, 4) is 0 Å². The molecule has 4 unspecified atom stereocenters. The average molecular weight is 555 g/mol. The Morgan fingerprint density at radius 3 is 1.35 bits per heavy atom. The van der Waals surface area contributed by atoms with E-state index >= 15 is 0 Å². The Bertz CT molecular complexity index is 1010. The van der Waals surface area contributed by atoms with Crippen LogP contribution in [0.3, 0.4) is 0 Å². The van der Waals surface area contributed by atoms with Crippen molar-refractivity contribution in [2.75, 3.05) is 0 Å². The maximum absolute atomic E-state index is 11.7. The number of nitrogens with one attached hydrogen (secondary N) is 2. The van der Waals surface area contributed by atoms with E-state index < -0.39 is 24.1 Å². The van der Waals surface area contributed by atoms with Crippen molar-refractivity contribution in [1.82, 2.24) is 10.6 Å². The van der Waals surface area contributed by atoms with Crippen molar-refractivity contribution in [2.24, 2.45) is 11.8 Å². The monoisotopic (exact) mass is 554 g/mol. The highest BCUT2D eigenvalue weighted by molar-refractivity contribution is 5.71. The minimum absolute atomic E-state index is 0.104. The highest BCUT2D eigenvalue weighted by Crippen LogP contribution is 2.25. The third-order valence-electron chi connectivity index (χ3n) is 7.12. The third kappa shape index (κ3) is 11.0. The minimum Gasteiger partial charge on any atom is -0.481 e. The molecule has 40 heavy (non-hydrogen) atoms. The number of aliphatic carboxylic acids is 2. The Morgan fingerprint density at radius 1 is 0.625 bits per heavy atom. The molecule has 4 rings (SSSR count). The summed E-state index contributed by atoms with van der Waals surface area (Å²) in [5.74, 6) is -2.28. The predicted molar refractivity (Wildman–Crippen MR) is 146 cm³/mol. The molecule has 10 heteroatoms. The fourth-order valence-corrected chi connectivity index (χ4v) is 4.95. The molecule has 10 nitrogen and oxygen atoms in total. The molecule has 216 valence electrons. The van der Waals surface area contributed by atoms with Gasteiger partial charge in [-0.2, -0.15) is 0 Å². The van der Waals surface area contributed by atoms with E-state index in [1.54, 1.807) is 0 Å². The second-order valence-electron chi connectivity index (χ2n) is 10.2. The van der Waals surface area contributed by atoms with Crippen molar-refractivity contribution in [2.45, 2.75) is 76.7 Å². The molecule has 0 heterocycles. The van der Waals surface area contributed by atoms with Crippen LogP contribution in [-0.2, 0) is 32.3 Å². The zero-order valence-corrected chi connectivity index (χ0v) is 22.5. The lowest BCUT2D eigenvalue weighted by Crippen LogP contribution is -2.40. The summed E-state index contributed by atoms with van der Waals surface area (Å²) in [5, 5.41) is 23.5. The number of hydrogen-bond acceptors (Lipinski definition) is 6. The summed E-state index contributed by atoms with van der Waals surface area (Å²) < 4.78 is 10.3. The quantitative estimate of drug-likeness (QED) is 0.351. The molecule has 0 spiro atoms. The van der Waals surface area contributed by atoms with E-state index in [0.717, 1.165) is 36.8 Å². The van der Waals surface area contributed by atoms with Crippen molar-refractivity contribution < 1.29 is 38.9 Å². The van der Waals surface area contributed by atoms with Gasteiger partial charge in [0.05, 0.1) is 11.8 Å². The number of carbonyl (C=O) groups is 4. The van der Waals surface area contributed by atoms with Gasteiger partial charge in [0.25, 0.3) is 0 Å². The molecule has 2 saturated carbocycles. The molecule has 2 fully saturated rings. The Kier molecular flexibility index (Phi) is 12.3. The number of hydrogen-bond donors (Lipinski definition) is 4. The number of alkyl carbamates (subject to hydrolysis) is 2. The molecule has 2 aliphatic rings. The zero-order valence-electron chi connectivity index (χ0n) is 22.5. The summed E-state index contributed by atoms with van der Waals surface area (Å²) in [5.41, 5.74) is 1.85. The first-order valence-electron chi connectivity index (χ1n) is 13.7. The van der Waals surface area contributed by atoms with Gasteiger partial charge >= 0.3 is 24.1 Å². The van der Waals surface area contributed by atoms with Crippen molar-refractivity contribution in [1.29, 1.82) is 0 Å². The van der Waals surface area contributed by atoms with Crippen LogP contribution in [0.25, 0.3) is 0 Å². The van der Waals surface area contributed by atoms with Crippen molar-refractivity contribution in [3.05, 3.63) is 71.8 Å². The first kappa shape index (κ1) is 30.5. The summed E-state index contributed by atoms with van der Waals surface area (Å²) in [6.45, 7) is 0.448. The molecular weight excluding hydrogens is 516 g/mol. The van der Waals surface area contributed by atoms with E-state index in [1.807, 2.05) is 60.7 Å². The molecule has 2 aliphatic carbocycles. The third-order valence-corrected chi connectivity index (χ3v) is 7.12. The number of carboxylic acids is 2. The summed E-state index contributed by atoms with van der Waals surface area (Å²) in [4.78, 5) is 45.3. The maximum Gasteiger partial charge on any atom is 0.407 e. The standard InChI is InChI=1S/2C15H19NO4/c2*17-14(18)12-7-4-8-13(9-12)16-15(19)20-10-11-5-2-1-3-6-11/h2*1-3,5-6,12-13H,4,7-10H2,(H,16,19)(H,17,18). The predicted octanol–water partition coefficient (Wildman–Crippen LogP) is 5.11. The maximum atomic E-state index is 11.7. The molecule has 4 atom stereocenters. The number of carboxylic acid groups (broad SMARTS) is 2.